The summed E-state index contributed by atoms with van der Waals surface area (Å²) in [6.45, 7) is 5.93. The summed E-state index contributed by atoms with van der Waals surface area (Å²) in [5, 5.41) is 8.77. The Morgan fingerprint density at radius 1 is 1.50 bits per heavy atom. The molecule has 1 saturated carbocycles. The van der Waals surface area contributed by atoms with Gasteiger partial charge in [0.25, 0.3) is 0 Å². The third-order valence-electron chi connectivity index (χ3n) is 3.20. The number of aliphatic hydroxyl groups excluding tert-OH is 1. The lowest BCUT2D eigenvalue weighted by atomic mass is 9.97. The Morgan fingerprint density at radius 2 is 1.92 bits per heavy atom. The number of carbonyl (C=O) groups is 1. The second-order valence-corrected chi connectivity index (χ2v) is 4.54. The van der Waals surface area contributed by atoms with E-state index in [1.54, 1.807) is 7.05 Å². The minimum atomic E-state index is -0.246. The quantitative estimate of drug-likeness (QED) is 0.625. The molecule has 0 heterocycles. The topological polar surface area (TPSA) is 40.5 Å². The van der Waals surface area contributed by atoms with Gasteiger partial charge in [-0.25, -0.2) is 0 Å². The van der Waals surface area contributed by atoms with Crippen LogP contribution in [0.15, 0.2) is 0 Å². The summed E-state index contributed by atoms with van der Waals surface area (Å²) in [5.41, 5.74) is -0.141. The number of rotatable bonds is 2. The van der Waals surface area contributed by atoms with E-state index < -0.39 is 0 Å². The van der Waals surface area contributed by atoms with E-state index >= 15 is 0 Å². The van der Waals surface area contributed by atoms with E-state index in [0.29, 0.717) is 0 Å². The Hall–Kier alpha value is -0.570. The fraction of sp³-hybridized carbons (Fsp3) is 0.889. The van der Waals surface area contributed by atoms with Gasteiger partial charge < -0.3 is 10.0 Å². The van der Waals surface area contributed by atoms with Gasteiger partial charge in [-0.15, -0.1) is 0 Å². The molecule has 0 aromatic heterocycles. The predicted octanol–water partition coefficient (Wildman–Crippen LogP) is 0.831. The van der Waals surface area contributed by atoms with Crippen molar-refractivity contribution in [3.8, 4) is 0 Å². The van der Waals surface area contributed by atoms with Gasteiger partial charge in [-0.2, -0.15) is 0 Å². The van der Waals surface area contributed by atoms with Crippen molar-refractivity contribution in [2.75, 3.05) is 13.8 Å². The monoisotopic (exact) mass is 171 g/mol. The second kappa shape index (κ2) is 2.46. The predicted molar refractivity (Wildman–Crippen MR) is 46.4 cm³/mol. The number of carbonyl (C=O) groups excluding carboxylic acids is 1. The Kier molecular flexibility index (Phi) is 1.95. The third-order valence-corrected chi connectivity index (χ3v) is 3.20. The second-order valence-electron chi connectivity index (χ2n) is 4.54. The summed E-state index contributed by atoms with van der Waals surface area (Å²) in [7, 11) is 1.63. The van der Waals surface area contributed by atoms with Crippen LogP contribution in [-0.4, -0.2) is 29.7 Å². The number of hydrogen-bond acceptors (Lipinski definition) is 2. The fourth-order valence-corrected chi connectivity index (χ4v) is 1.69. The van der Waals surface area contributed by atoms with Crippen LogP contribution in [0.2, 0.25) is 0 Å². The van der Waals surface area contributed by atoms with Crippen molar-refractivity contribution in [2.45, 2.75) is 27.2 Å². The van der Waals surface area contributed by atoms with Crippen molar-refractivity contribution in [1.82, 2.24) is 4.90 Å². The SMILES string of the molecule is CN(CO)C(=O)C1(C)CC1(C)C. The molecule has 1 rings (SSSR count). The van der Waals surface area contributed by atoms with Crippen LogP contribution in [0.3, 0.4) is 0 Å². The molecule has 1 amide bonds. The maximum Gasteiger partial charge on any atom is 0.230 e. The molecule has 0 aromatic rings. The number of hydrogen-bond donors (Lipinski definition) is 1. The summed E-state index contributed by atoms with van der Waals surface area (Å²) >= 11 is 0. The molecular formula is C9H17NO2. The molecule has 3 nitrogen and oxygen atoms in total. The normalized spacial score (nSPS) is 31.4. The van der Waals surface area contributed by atoms with Gasteiger partial charge >= 0.3 is 0 Å². The van der Waals surface area contributed by atoms with E-state index in [-0.39, 0.29) is 23.5 Å². The van der Waals surface area contributed by atoms with E-state index in [1.165, 1.54) is 4.90 Å². The van der Waals surface area contributed by atoms with E-state index in [0.717, 1.165) is 6.42 Å². The zero-order valence-corrected chi connectivity index (χ0v) is 8.22. The summed E-state index contributed by atoms with van der Waals surface area (Å²) in [4.78, 5) is 13.0. The van der Waals surface area contributed by atoms with Gasteiger partial charge in [0.15, 0.2) is 0 Å². The molecule has 70 valence electrons. The molecule has 3 heteroatoms. The first kappa shape index (κ1) is 9.52. The number of nitrogens with zero attached hydrogens (tertiary/aromatic N) is 1. The van der Waals surface area contributed by atoms with Crippen molar-refractivity contribution in [1.29, 1.82) is 0 Å². The number of aliphatic hydroxyl groups is 1. The van der Waals surface area contributed by atoms with Gasteiger partial charge in [0.05, 0.1) is 5.41 Å². The van der Waals surface area contributed by atoms with Crippen LogP contribution in [0.5, 0.6) is 0 Å². The average Bonchev–Trinajstić information content (AvgIpc) is 2.50. The summed E-state index contributed by atoms with van der Waals surface area (Å²) in [5.74, 6) is 0.0509. The van der Waals surface area contributed by atoms with Gasteiger partial charge in [-0.3, -0.25) is 4.79 Å². The smallest absolute Gasteiger partial charge is 0.230 e. The number of amides is 1. The van der Waals surface area contributed by atoms with Crippen LogP contribution in [0.25, 0.3) is 0 Å². The summed E-state index contributed by atoms with van der Waals surface area (Å²) in [6.07, 6.45) is 0.920. The van der Waals surface area contributed by atoms with Crippen LogP contribution < -0.4 is 0 Å². The van der Waals surface area contributed by atoms with Crippen LogP contribution in [0.4, 0.5) is 0 Å². The lowest BCUT2D eigenvalue weighted by molar-refractivity contribution is -0.139. The van der Waals surface area contributed by atoms with E-state index in [2.05, 4.69) is 13.8 Å². The van der Waals surface area contributed by atoms with Crippen LogP contribution in [0.1, 0.15) is 27.2 Å². The maximum atomic E-state index is 11.6. The van der Waals surface area contributed by atoms with Gasteiger partial charge in [0, 0.05) is 7.05 Å². The Morgan fingerprint density at radius 3 is 2.17 bits per heavy atom. The van der Waals surface area contributed by atoms with Crippen LogP contribution in [-0.2, 0) is 4.79 Å². The molecule has 0 bridgehead atoms. The van der Waals surface area contributed by atoms with Gasteiger partial charge in [-0.1, -0.05) is 20.8 Å². The van der Waals surface area contributed by atoms with Crippen LogP contribution in [0, 0.1) is 10.8 Å². The highest BCUT2D eigenvalue weighted by Gasteiger charge is 2.63. The third kappa shape index (κ3) is 1.12. The van der Waals surface area contributed by atoms with Crippen molar-refractivity contribution < 1.29 is 9.90 Å². The lowest BCUT2D eigenvalue weighted by Gasteiger charge is -2.21. The molecular weight excluding hydrogens is 154 g/mol. The van der Waals surface area contributed by atoms with Crippen molar-refractivity contribution in [3.63, 3.8) is 0 Å². The van der Waals surface area contributed by atoms with Gasteiger partial charge in [-0.05, 0) is 11.8 Å². The zero-order chi connectivity index (χ0) is 9.57. The molecule has 0 radical (unpaired) electrons. The minimum absolute atomic E-state index is 0.0509. The minimum Gasteiger partial charge on any atom is -0.376 e. The molecule has 1 atom stereocenters. The van der Waals surface area contributed by atoms with Crippen LogP contribution >= 0.6 is 0 Å². The highest BCUT2D eigenvalue weighted by Crippen LogP contribution is 2.63. The Bertz CT molecular complexity index is 213. The molecule has 0 aromatic carbocycles. The van der Waals surface area contributed by atoms with E-state index in [1.807, 2.05) is 6.92 Å². The Balaban J connectivity index is 2.68. The average molecular weight is 171 g/mol. The first-order valence-corrected chi connectivity index (χ1v) is 4.21. The van der Waals surface area contributed by atoms with Gasteiger partial charge in [0.1, 0.15) is 6.73 Å². The fourth-order valence-electron chi connectivity index (χ4n) is 1.69. The standard InChI is InChI=1S/C9H17NO2/c1-8(2)5-9(8,3)7(12)10(4)6-11/h11H,5-6H2,1-4H3. The molecule has 0 aliphatic heterocycles. The van der Waals surface area contributed by atoms with Crippen molar-refractivity contribution >= 4 is 5.91 Å². The first-order valence-electron chi connectivity index (χ1n) is 4.21. The maximum absolute atomic E-state index is 11.6. The Labute approximate surface area is 73.4 Å². The molecule has 0 saturated heterocycles. The molecule has 0 spiro atoms. The molecule has 1 N–H and O–H groups in total. The van der Waals surface area contributed by atoms with Gasteiger partial charge in [0.2, 0.25) is 5.91 Å². The largest absolute Gasteiger partial charge is 0.376 e. The lowest BCUT2D eigenvalue weighted by Crippen LogP contribution is -2.35. The molecule has 1 fully saturated rings. The first-order chi connectivity index (χ1) is 5.35. The molecule has 1 unspecified atom stereocenters. The highest BCUT2D eigenvalue weighted by atomic mass is 16.3. The molecule has 1 aliphatic rings. The summed E-state index contributed by atoms with van der Waals surface area (Å²) < 4.78 is 0. The zero-order valence-electron chi connectivity index (χ0n) is 8.22. The van der Waals surface area contributed by atoms with E-state index in [4.69, 9.17) is 5.11 Å². The van der Waals surface area contributed by atoms with Crippen molar-refractivity contribution in [2.24, 2.45) is 10.8 Å². The highest BCUT2D eigenvalue weighted by molar-refractivity contribution is 5.86. The summed E-state index contributed by atoms with van der Waals surface area (Å²) in [6, 6.07) is 0. The van der Waals surface area contributed by atoms with E-state index in [9.17, 15) is 4.79 Å². The molecule has 12 heavy (non-hydrogen) atoms. The molecule has 1 aliphatic carbocycles. The van der Waals surface area contributed by atoms with Crippen molar-refractivity contribution in [3.05, 3.63) is 0 Å².